The molecule has 25 heavy (non-hydrogen) atoms. The van der Waals surface area contributed by atoms with E-state index in [9.17, 15) is 17.6 Å². The topological polar surface area (TPSA) is 82.3 Å². The van der Waals surface area contributed by atoms with Crippen LogP contribution in [0.4, 0.5) is 10.1 Å². The summed E-state index contributed by atoms with van der Waals surface area (Å²) in [6.45, 7) is 7.19. The average molecular weight is 367 g/mol. The van der Waals surface area contributed by atoms with Crippen molar-refractivity contribution in [2.24, 2.45) is 0 Å². The van der Waals surface area contributed by atoms with E-state index in [4.69, 9.17) is 0 Å². The third kappa shape index (κ3) is 4.26. The first-order valence-electron chi connectivity index (χ1n) is 7.94. The van der Waals surface area contributed by atoms with Crippen molar-refractivity contribution >= 4 is 21.6 Å². The Bertz CT molecular complexity index is 875. The minimum Gasteiger partial charge on any atom is -0.356 e. The Labute approximate surface area is 147 Å². The van der Waals surface area contributed by atoms with Gasteiger partial charge in [0.15, 0.2) is 0 Å². The summed E-state index contributed by atoms with van der Waals surface area (Å²) in [6.07, 6.45) is 1.28. The summed E-state index contributed by atoms with van der Waals surface area (Å²) in [5, 5.41) is 0. The molecule has 1 aromatic heterocycles. The van der Waals surface area contributed by atoms with Crippen molar-refractivity contribution in [1.82, 2.24) is 9.71 Å². The Morgan fingerprint density at radius 3 is 2.56 bits per heavy atom. The third-order valence-electron chi connectivity index (χ3n) is 3.60. The Hall–Kier alpha value is -2.19. The third-order valence-corrected chi connectivity index (χ3v) is 5.24. The molecule has 2 aromatic rings. The molecule has 0 aliphatic carbocycles. The van der Waals surface area contributed by atoms with E-state index >= 15 is 0 Å². The molecule has 1 heterocycles. The van der Waals surface area contributed by atoms with E-state index in [1.54, 1.807) is 33.8 Å². The van der Waals surface area contributed by atoms with Gasteiger partial charge in [0, 0.05) is 24.5 Å². The predicted molar refractivity (Wildman–Crippen MR) is 94.7 cm³/mol. The number of aromatic nitrogens is 1. The van der Waals surface area contributed by atoms with Crippen molar-refractivity contribution in [2.75, 3.05) is 11.4 Å². The van der Waals surface area contributed by atoms with Crippen LogP contribution in [0.1, 0.15) is 36.8 Å². The van der Waals surface area contributed by atoms with Crippen LogP contribution < -0.4 is 9.62 Å². The van der Waals surface area contributed by atoms with Gasteiger partial charge in [0.1, 0.15) is 16.4 Å². The molecular weight excluding hydrogens is 345 g/mol. The summed E-state index contributed by atoms with van der Waals surface area (Å²) < 4.78 is 40.3. The summed E-state index contributed by atoms with van der Waals surface area (Å²) in [4.78, 5) is 16.9. The fourth-order valence-corrected chi connectivity index (χ4v) is 3.66. The second-order valence-electron chi connectivity index (χ2n) is 6.01. The van der Waals surface area contributed by atoms with Gasteiger partial charge >= 0.3 is 0 Å². The van der Waals surface area contributed by atoms with Crippen molar-refractivity contribution in [3.05, 3.63) is 47.5 Å². The van der Waals surface area contributed by atoms with Gasteiger partial charge in [-0.2, -0.15) is 0 Å². The number of anilines is 1. The van der Waals surface area contributed by atoms with Crippen LogP contribution in [0.2, 0.25) is 0 Å². The van der Waals surface area contributed by atoms with E-state index < -0.39 is 10.0 Å². The molecule has 0 aliphatic rings. The van der Waals surface area contributed by atoms with E-state index in [1.165, 1.54) is 29.3 Å². The minimum absolute atomic E-state index is 0.00381. The quantitative estimate of drug-likeness (QED) is 0.824. The summed E-state index contributed by atoms with van der Waals surface area (Å²) in [7, 11) is -3.68. The number of halogens is 1. The zero-order valence-corrected chi connectivity index (χ0v) is 15.4. The molecule has 0 atom stereocenters. The SMILES string of the molecule is CCN(C(=O)c1cc(S(=O)(=O)NC(C)C)c[nH]1)c1ccc(F)c(C)c1. The molecule has 2 N–H and O–H groups in total. The van der Waals surface area contributed by atoms with Crippen molar-refractivity contribution < 1.29 is 17.6 Å². The summed E-state index contributed by atoms with van der Waals surface area (Å²) >= 11 is 0. The van der Waals surface area contributed by atoms with Gasteiger partial charge in [0.25, 0.3) is 5.91 Å². The molecule has 2 rings (SSSR count). The highest BCUT2D eigenvalue weighted by molar-refractivity contribution is 7.89. The van der Waals surface area contributed by atoms with E-state index in [-0.39, 0.29) is 28.4 Å². The molecule has 0 saturated heterocycles. The number of amides is 1. The molecule has 8 heteroatoms. The molecule has 0 saturated carbocycles. The highest BCUT2D eigenvalue weighted by Gasteiger charge is 2.22. The van der Waals surface area contributed by atoms with Gasteiger partial charge in [-0.3, -0.25) is 4.79 Å². The smallest absolute Gasteiger partial charge is 0.274 e. The molecule has 0 spiro atoms. The maximum absolute atomic E-state index is 13.4. The van der Waals surface area contributed by atoms with Crippen LogP contribution in [0.5, 0.6) is 0 Å². The van der Waals surface area contributed by atoms with Crippen LogP contribution in [0, 0.1) is 12.7 Å². The van der Waals surface area contributed by atoms with Gasteiger partial charge in [0.05, 0.1) is 0 Å². The van der Waals surface area contributed by atoms with Crippen LogP contribution in [0.3, 0.4) is 0 Å². The number of carbonyl (C=O) groups excluding carboxylic acids is 1. The number of carbonyl (C=O) groups is 1. The van der Waals surface area contributed by atoms with Gasteiger partial charge in [-0.1, -0.05) is 0 Å². The van der Waals surface area contributed by atoms with Gasteiger partial charge in [0.2, 0.25) is 10.0 Å². The molecule has 1 amide bonds. The van der Waals surface area contributed by atoms with E-state index in [2.05, 4.69) is 9.71 Å². The lowest BCUT2D eigenvalue weighted by Crippen LogP contribution is -2.31. The molecule has 6 nitrogen and oxygen atoms in total. The van der Waals surface area contributed by atoms with Crippen molar-refractivity contribution in [3.63, 3.8) is 0 Å². The maximum atomic E-state index is 13.4. The molecule has 0 aliphatic heterocycles. The maximum Gasteiger partial charge on any atom is 0.274 e. The number of sulfonamides is 1. The lowest BCUT2D eigenvalue weighted by molar-refractivity contribution is 0.0984. The van der Waals surface area contributed by atoms with Crippen LogP contribution in [-0.4, -0.2) is 31.9 Å². The standard InChI is InChI=1S/C17H22FN3O3S/c1-5-21(13-6-7-15(18)12(4)8-13)17(22)16-9-14(10-19-16)25(23,24)20-11(2)3/h6-11,19-20H,5H2,1-4H3. The van der Waals surface area contributed by atoms with Gasteiger partial charge < -0.3 is 9.88 Å². The summed E-state index contributed by atoms with van der Waals surface area (Å²) in [5.41, 5.74) is 1.12. The minimum atomic E-state index is -3.68. The second kappa shape index (κ2) is 7.37. The highest BCUT2D eigenvalue weighted by atomic mass is 32.2. The van der Waals surface area contributed by atoms with Gasteiger partial charge in [-0.25, -0.2) is 17.5 Å². The van der Waals surface area contributed by atoms with Gasteiger partial charge in [-0.15, -0.1) is 0 Å². The average Bonchev–Trinajstić information content (AvgIpc) is 3.01. The highest BCUT2D eigenvalue weighted by Crippen LogP contribution is 2.21. The molecule has 136 valence electrons. The van der Waals surface area contributed by atoms with E-state index in [0.717, 1.165) is 0 Å². The Morgan fingerprint density at radius 2 is 2.00 bits per heavy atom. The fourth-order valence-electron chi connectivity index (χ4n) is 2.42. The van der Waals surface area contributed by atoms with Crippen LogP contribution in [0.15, 0.2) is 35.4 Å². The van der Waals surface area contributed by atoms with Gasteiger partial charge in [-0.05, 0) is 57.5 Å². The zero-order valence-electron chi connectivity index (χ0n) is 14.6. The molecule has 1 aromatic carbocycles. The normalized spacial score (nSPS) is 11.8. The monoisotopic (exact) mass is 367 g/mol. The van der Waals surface area contributed by atoms with Crippen molar-refractivity contribution in [3.8, 4) is 0 Å². The lowest BCUT2D eigenvalue weighted by atomic mass is 10.2. The Morgan fingerprint density at radius 1 is 1.32 bits per heavy atom. The van der Waals surface area contributed by atoms with Crippen molar-refractivity contribution in [2.45, 2.75) is 38.6 Å². The predicted octanol–water partition coefficient (Wildman–Crippen LogP) is 2.82. The number of hydrogen-bond donors (Lipinski definition) is 2. The number of aryl methyl sites for hydroxylation is 1. The van der Waals surface area contributed by atoms with E-state index in [1.807, 2.05) is 0 Å². The van der Waals surface area contributed by atoms with Crippen LogP contribution in [-0.2, 0) is 10.0 Å². The molecular formula is C17H22FN3O3S. The number of benzene rings is 1. The number of nitrogens with zero attached hydrogens (tertiary/aromatic N) is 1. The summed E-state index contributed by atoms with van der Waals surface area (Å²) in [6, 6.07) is 5.44. The first kappa shape index (κ1) is 19.1. The second-order valence-corrected chi connectivity index (χ2v) is 7.72. The Balaban J connectivity index is 2.31. The van der Waals surface area contributed by atoms with E-state index in [0.29, 0.717) is 17.8 Å². The number of aromatic amines is 1. The lowest BCUT2D eigenvalue weighted by Gasteiger charge is -2.21. The van der Waals surface area contributed by atoms with Crippen molar-refractivity contribution in [1.29, 1.82) is 0 Å². The molecule has 0 fully saturated rings. The first-order valence-corrected chi connectivity index (χ1v) is 9.42. The first-order chi connectivity index (χ1) is 11.7. The fraction of sp³-hybridized carbons (Fsp3) is 0.353. The number of rotatable bonds is 6. The summed E-state index contributed by atoms with van der Waals surface area (Å²) in [5.74, 6) is -0.736. The number of nitrogens with one attached hydrogen (secondary N) is 2. The largest absolute Gasteiger partial charge is 0.356 e. The molecule has 0 unspecified atom stereocenters. The van der Waals surface area contributed by atoms with Crippen LogP contribution in [0.25, 0.3) is 0 Å². The zero-order chi connectivity index (χ0) is 18.8. The Kier molecular flexibility index (Phi) is 5.64. The number of H-pyrrole nitrogens is 1. The number of hydrogen-bond acceptors (Lipinski definition) is 3. The van der Waals surface area contributed by atoms with Crippen LogP contribution >= 0.6 is 0 Å². The molecule has 0 radical (unpaired) electrons. The molecule has 0 bridgehead atoms.